The summed E-state index contributed by atoms with van der Waals surface area (Å²) in [6, 6.07) is 10.7. The van der Waals surface area contributed by atoms with E-state index in [2.05, 4.69) is 40.5 Å². The molecule has 0 spiro atoms. The Kier molecular flexibility index (Phi) is 3.85. The third kappa shape index (κ3) is 2.62. The van der Waals surface area contributed by atoms with E-state index in [1.807, 2.05) is 18.8 Å². The van der Waals surface area contributed by atoms with Gasteiger partial charge in [-0.15, -0.1) is 0 Å². The molecule has 106 valence electrons. The number of benzene rings is 1. The van der Waals surface area contributed by atoms with Crippen LogP contribution >= 0.6 is 0 Å². The average molecular weight is 270 g/mol. The molecule has 1 aliphatic rings. The van der Waals surface area contributed by atoms with Crippen LogP contribution in [0.3, 0.4) is 0 Å². The van der Waals surface area contributed by atoms with Crippen LogP contribution in [0.25, 0.3) is 0 Å². The van der Waals surface area contributed by atoms with Crippen molar-refractivity contribution in [2.24, 2.45) is 7.05 Å². The zero-order chi connectivity index (χ0) is 13.9. The number of aryl methyl sites for hydroxylation is 1. The molecular weight excluding hydrogens is 248 g/mol. The van der Waals surface area contributed by atoms with Gasteiger partial charge in [0.05, 0.1) is 11.4 Å². The van der Waals surface area contributed by atoms with Gasteiger partial charge < -0.3 is 5.32 Å². The summed E-state index contributed by atoms with van der Waals surface area (Å²) in [6.45, 7) is 3.99. The van der Waals surface area contributed by atoms with Gasteiger partial charge in [-0.3, -0.25) is 9.58 Å². The second-order valence-corrected chi connectivity index (χ2v) is 5.47. The first-order valence-corrected chi connectivity index (χ1v) is 7.22. The van der Waals surface area contributed by atoms with Crippen molar-refractivity contribution in [1.29, 1.82) is 0 Å². The molecule has 4 heteroatoms. The predicted molar refractivity (Wildman–Crippen MR) is 80.2 cm³/mol. The Morgan fingerprint density at radius 2 is 2.05 bits per heavy atom. The number of rotatable bonds is 4. The summed E-state index contributed by atoms with van der Waals surface area (Å²) < 4.78 is 2.03. The van der Waals surface area contributed by atoms with Crippen LogP contribution in [0.5, 0.6) is 0 Å². The molecule has 2 heterocycles. The second kappa shape index (κ2) is 5.77. The molecule has 1 aliphatic heterocycles. The molecule has 0 aliphatic carbocycles. The Morgan fingerprint density at radius 3 is 2.80 bits per heavy atom. The highest BCUT2D eigenvalue weighted by Gasteiger charge is 2.23. The molecule has 20 heavy (non-hydrogen) atoms. The van der Waals surface area contributed by atoms with E-state index >= 15 is 0 Å². The molecule has 4 nitrogen and oxygen atoms in total. The van der Waals surface area contributed by atoms with Crippen molar-refractivity contribution in [1.82, 2.24) is 20.0 Å². The number of fused-ring (bicyclic) bond motifs is 1. The second-order valence-electron chi connectivity index (χ2n) is 5.47. The van der Waals surface area contributed by atoms with Gasteiger partial charge in [-0.25, -0.2) is 0 Å². The van der Waals surface area contributed by atoms with Gasteiger partial charge in [-0.05, 0) is 19.0 Å². The minimum Gasteiger partial charge on any atom is -0.314 e. The fourth-order valence-electron chi connectivity index (χ4n) is 3.01. The summed E-state index contributed by atoms with van der Waals surface area (Å²) >= 11 is 0. The van der Waals surface area contributed by atoms with Crippen LogP contribution in [0, 0.1) is 0 Å². The molecule has 2 aromatic rings. The van der Waals surface area contributed by atoms with Crippen molar-refractivity contribution in [2.75, 3.05) is 13.6 Å². The first-order valence-electron chi connectivity index (χ1n) is 7.22. The van der Waals surface area contributed by atoms with Gasteiger partial charge in [-0.1, -0.05) is 30.3 Å². The standard InChI is InChI=1S/C16H22N4/c1-17-10-16-14-8-9-20(12-15(14)18-19(16)2)11-13-6-4-3-5-7-13/h3-7,17H,8-12H2,1-2H3. The number of hydrogen-bond acceptors (Lipinski definition) is 3. The highest BCUT2D eigenvalue weighted by molar-refractivity contribution is 5.29. The van der Waals surface area contributed by atoms with Crippen molar-refractivity contribution >= 4 is 0 Å². The Balaban J connectivity index is 1.74. The quantitative estimate of drug-likeness (QED) is 0.918. The summed E-state index contributed by atoms with van der Waals surface area (Å²) in [7, 11) is 4.04. The first-order chi connectivity index (χ1) is 9.78. The van der Waals surface area contributed by atoms with Crippen molar-refractivity contribution in [3.05, 3.63) is 52.8 Å². The molecule has 0 unspecified atom stereocenters. The summed E-state index contributed by atoms with van der Waals surface area (Å²) in [5, 5.41) is 7.93. The van der Waals surface area contributed by atoms with E-state index in [9.17, 15) is 0 Å². The summed E-state index contributed by atoms with van der Waals surface area (Å²) in [5.74, 6) is 0. The van der Waals surface area contributed by atoms with E-state index in [-0.39, 0.29) is 0 Å². The first kappa shape index (κ1) is 13.3. The van der Waals surface area contributed by atoms with Crippen LogP contribution in [-0.2, 0) is 33.1 Å². The van der Waals surface area contributed by atoms with Crippen LogP contribution in [-0.4, -0.2) is 28.3 Å². The van der Waals surface area contributed by atoms with Crippen LogP contribution in [0.1, 0.15) is 22.5 Å². The molecule has 0 atom stereocenters. The van der Waals surface area contributed by atoms with Crippen LogP contribution in [0.2, 0.25) is 0 Å². The van der Waals surface area contributed by atoms with E-state index < -0.39 is 0 Å². The SMILES string of the molecule is CNCc1c2c(nn1C)CN(Cc1ccccc1)CC2. The van der Waals surface area contributed by atoms with Gasteiger partial charge in [-0.2, -0.15) is 5.10 Å². The van der Waals surface area contributed by atoms with E-state index in [0.29, 0.717) is 0 Å². The number of nitrogens with zero attached hydrogens (tertiary/aromatic N) is 3. The minimum absolute atomic E-state index is 0.900. The lowest BCUT2D eigenvalue weighted by molar-refractivity contribution is 0.242. The predicted octanol–water partition coefficient (Wildman–Crippen LogP) is 1.70. The monoisotopic (exact) mass is 270 g/mol. The zero-order valence-corrected chi connectivity index (χ0v) is 12.3. The van der Waals surface area contributed by atoms with Crippen molar-refractivity contribution < 1.29 is 0 Å². The smallest absolute Gasteiger partial charge is 0.0800 e. The molecule has 0 amide bonds. The van der Waals surface area contributed by atoms with Gasteiger partial charge in [0.1, 0.15) is 0 Å². The molecular formula is C16H22N4. The number of hydrogen-bond donors (Lipinski definition) is 1. The molecule has 0 saturated heterocycles. The topological polar surface area (TPSA) is 33.1 Å². The molecule has 1 aromatic heterocycles. The average Bonchev–Trinajstić information content (AvgIpc) is 2.76. The molecule has 0 fully saturated rings. The Morgan fingerprint density at radius 1 is 1.25 bits per heavy atom. The van der Waals surface area contributed by atoms with Crippen LogP contribution in [0.4, 0.5) is 0 Å². The molecule has 1 N–H and O–H groups in total. The maximum Gasteiger partial charge on any atom is 0.0800 e. The number of nitrogens with one attached hydrogen (secondary N) is 1. The normalized spacial score (nSPS) is 15.3. The Bertz CT molecular complexity index is 574. The van der Waals surface area contributed by atoms with E-state index in [1.165, 1.54) is 22.5 Å². The maximum absolute atomic E-state index is 4.70. The van der Waals surface area contributed by atoms with E-state index in [1.54, 1.807) is 0 Å². The van der Waals surface area contributed by atoms with Crippen molar-refractivity contribution in [2.45, 2.75) is 26.1 Å². The van der Waals surface area contributed by atoms with E-state index in [0.717, 1.165) is 32.6 Å². The fraction of sp³-hybridized carbons (Fsp3) is 0.438. The van der Waals surface area contributed by atoms with Crippen molar-refractivity contribution in [3.63, 3.8) is 0 Å². The molecule has 3 rings (SSSR count). The Hall–Kier alpha value is -1.65. The highest BCUT2D eigenvalue weighted by Crippen LogP contribution is 2.22. The maximum atomic E-state index is 4.70. The van der Waals surface area contributed by atoms with Crippen LogP contribution in [0.15, 0.2) is 30.3 Å². The Labute approximate surface area is 120 Å². The summed E-state index contributed by atoms with van der Waals surface area (Å²) in [4.78, 5) is 2.48. The van der Waals surface area contributed by atoms with Crippen LogP contribution < -0.4 is 5.32 Å². The third-order valence-electron chi connectivity index (χ3n) is 4.00. The third-order valence-corrected chi connectivity index (χ3v) is 4.00. The van der Waals surface area contributed by atoms with Gasteiger partial charge in [0.25, 0.3) is 0 Å². The molecule has 1 aromatic carbocycles. The lowest BCUT2D eigenvalue weighted by Crippen LogP contribution is -2.30. The fourth-order valence-corrected chi connectivity index (χ4v) is 3.01. The summed E-state index contributed by atoms with van der Waals surface area (Å²) in [6.07, 6.45) is 1.10. The van der Waals surface area contributed by atoms with Gasteiger partial charge in [0.15, 0.2) is 0 Å². The van der Waals surface area contributed by atoms with Gasteiger partial charge >= 0.3 is 0 Å². The largest absolute Gasteiger partial charge is 0.314 e. The van der Waals surface area contributed by atoms with Gasteiger partial charge in [0.2, 0.25) is 0 Å². The lowest BCUT2D eigenvalue weighted by Gasteiger charge is -2.26. The summed E-state index contributed by atoms with van der Waals surface area (Å²) in [5.41, 5.74) is 5.41. The molecule has 0 bridgehead atoms. The minimum atomic E-state index is 0.900. The van der Waals surface area contributed by atoms with E-state index in [4.69, 9.17) is 5.10 Å². The van der Waals surface area contributed by atoms with Crippen molar-refractivity contribution in [3.8, 4) is 0 Å². The molecule has 0 saturated carbocycles. The lowest BCUT2D eigenvalue weighted by atomic mass is 10.0. The highest BCUT2D eigenvalue weighted by atomic mass is 15.3. The number of aromatic nitrogens is 2. The zero-order valence-electron chi connectivity index (χ0n) is 12.3. The van der Waals surface area contributed by atoms with Gasteiger partial charge in [0, 0.05) is 38.8 Å². The molecule has 0 radical (unpaired) electrons.